The second-order valence-corrected chi connectivity index (χ2v) is 3.50. The Bertz CT molecular complexity index is 420. The fourth-order valence-electron chi connectivity index (χ4n) is 1.82. The van der Waals surface area contributed by atoms with Crippen LogP contribution in [0.25, 0.3) is 5.57 Å². The van der Waals surface area contributed by atoms with Crippen molar-refractivity contribution in [1.82, 2.24) is 5.32 Å². The smallest absolute Gasteiger partial charge is 0.247 e. The third kappa shape index (κ3) is 1.77. The van der Waals surface area contributed by atoms with Crippen molar-refractivity contribution >= 4 is 11.5 Å². The molecule has 1 aromatic carbocycles. The highest BCUT2D eigenvalue weighted by molar-refractivity contribution is 6.06. The Hall–Kier alpha value is -1.64. The van der Waals surface area contributed by atoms with E-state index >= 15 is 0 Å². The lowest BCUT2D eigenvalue weighted by molar-refractivity contribution is -0.116. The molecule has 1 amide bonds. The molecule has 1 aliphatic rings. The second kappa shape index (κ2) is 3.85. The number of carbonyl (C=O) groups is 1. The highest BCUT2D eigenvalue weighted by Gasteiger charge is 2.21. The summed E-state index contributed by atoms with van der Waals surface area (Å²) in [6, 6.07) is 6.25. The second-order valence-electron chi connectivity index (χ2n) is 3.50. The van der Waals surface area contributed by atoms with E-state index in [1.165, 1.54) is 12.1 Å². The van der Waals surface area contributed by atoms with Crippen LogP contribution in [0.4, 0.5) is 4.39 Å². The summed E-state index contributed by atoms with van der Waals surface area (Å²) in [5.41, 5.74) is 2.72. The van der Waals surface area contributed by atoms with Gasteiger partial charge in [-0.3, -0.25) is 4.79 Å². The van der Waals surface area contributed by atoms with Gasteiger partial charge in [0.05, 0.1) is 0 Å². The van der Waals surface area contributed by atoms with Crippen LogP contribution in [0.3, 0.4) is 0 Å². The summed E-state index contributed by atoms with van der Waals surface area (Å²) in [7, 11) is 0. The largest absolute Gasteiger partial charge is 0.348 e. The number of halogens is 1. The molecule has 1 aliphatic heterocycles. The van der Waals surface area contributed by atoms with E-state index in [0.717, 1.165) is 16.7 Å². The minimum Gasteiger partial charge on any atom is -0.348 e. The summed E-state index contributed by atoms with van der Waals surface area (Å²) in [5, 5.41) is 2.78. The van der Waals surface area contributed by atoms with Crippen molar-refractivity contribution in [2.24, 2.45) is 0 Å². The Labute approximate surface area is 87.8 Å². The van der Waals surface area contributed by atoms with Crippen molar-refractivity contribution in [3.8, 4) is 0 Å². The van der Waals surface area contributed by atoms with Crippen LogP contribution in [0.15, 0.2) is 29.8 Å². The van der Waals surface area contributed by atoms with Gasteiger partial charge in [-0.1, -0.05) is 19.1 Å². The molecule has 0 aliphatic carbocycles. The molecule has 2 rings (SSSR count). The Morgan fingerprint density at radius 1 is 1.33 bits per heavy atom. The Kier molecular flexibility index (Phi) is 2.54. The van der Waals surface area contributed by atoms with Gasteiger partial charge in [-0.05, 0) is 29.7 Å². The molecular formula is C12H12FNO. The first kappa shape index (κ1) is 9.90. The van der Waals surface area contributed by atoms with E-state index in [0.29, 0.717) is 13.0 Å². The number of nitrogens with one attached hydrogen (secondary N) is 1. The van der Waals surface area contributed by atoms with Crippen molar-refractivity contribution in [3.63, 3.8) is 0 Å². The molecule has 3 heteroatoms. The Balaban J connectivity index is 2.42. The van der Waals surface area contributed by atoms with Crippen LogP contribution in [0.5, 0.6) is 0 Å². The first-order valence-corrected chi connectivity index (χ1v) is 4.98. The van der Waals surface area contributed by atoms with Gasteiger partial charge < -0.3 is 5.32 Å². The molecule has 0 saturated carbocycles. The van der Waals surface area contributed by atoms with Gasteiger partial charge in [0.2, 0.25) is 5.91 Å². The van der Waals surface area contributed by atoms with E-state index in [-0.39, 0.29) is 11.7 Å². The van der Waals surface area contributed by atoms with Gasteiger partial charge in [-0.2, -0.15) is 0 Å². The maximum absolute atomic E-state index is 12.7. The van der Waals surface area contributed by atoms with E-state index < -0.39 is 0 Å². The summed E-state index contributed by atoms with van der Waals surface area (Å²) in [6.07, 6.45) is 0.707. The maximum Gasteiger partial charge on any atom is 0.247 e. The van der Waals surface area contributed by atoms with Gasteiger partial charge in [0, 0.05) is 12.1 Å². The van der Waals surface area contributed by atoms with Crippen LogP contribution in [-0.2, 0) is 4.79 Å². The molecule has 0 aromatic heterocycles. The summed E-state index contributed by atoms with van der Waals surface area (Å²) in [4.78, 5) is 11.4. The van der Waals surface area contributed by atoms with Gasteiger partial charge in [0.25, 0.3) is 0 Å². The number of rotatable bonds is 2. The molecule has 0 unspecified atom stereocenters. The van der Waals surface area contributed by atoms with Crippen LogP contribution < -0.4 is 5.32 Å². The first-order chi connectivity index (χ1) is 7.22. The lowest BCUT2D eigenvalue weighted by Gasteiger charge is -2.03. The molecule has 15 heavy (non-hydrogen) atoms. The van der Waals surface area contributed by atoms with Gasteiger partial charge in [0.15, 0.2) is 0 Å². The lowest BCUT2D eigenvalue weighted by Crippen LogP contribution is -2.17. The van der Waals surface area contributed by atoms with Crippen molar-refractivity contribution in [2.75, 3.05) is 6.54 Å². The number of hydrogen-bond donors (Lipinski definition) is 1. The summed E-state index contributed by atoms with van der Waals surface area (Å²) in [5.74, 6) is -0.258. The SMILES string of the molecule is CCC1=C(c2ccc(F)cc2)CNC1=O. The molecule has 78 valence electrons. The van der Waals surface area contributed by atoms with Crippen molar-refractivity contribution in [3.05, 3.63) is 41.2 Å². The highest BCUT2D eigenvalue weighted by atomic mass is 19.1. The zero-order valence-electron chi connectivity index (χ0n) is 8.51. The topological polar surface area (TPSA) is 29.1 Å². The average Bonchev–Trinajstić information content (AvgIpc) is 2.61. The minimum absolute atomic E-state index is 0.00294. The van der Waals surface area contributed by atoms with Crippen LogP contribution in [0, 0.1) is 5.82 Å². The molecule has 1 aromatic rings. The van der Waals surface area contributed by atoms with E-state index in [9.17, 15) is 9.18 Å². The van der Waals surface area contributed by atoms with Crippen LogP contribution >= 0.6 is 0 Å². The molecule has 0 saturated heterocycles. The number of amides is 1. The summed E-state index contributed by atoms with van der Waals surface area (Å²) in [6.45, 7) is 2.50. The van der Waals surface area contributed by atoms with Crippen molar-refractivity contribution in [2.45, 2.75) is 13.3 Å². The molecular weight excluding hydrogens is 193 g/mol. The molecule has 0 fully saturated rings. The third-order valence-corrected chi connectivity index (χ3v) is 2.61. The number of carbonyl (C=O) groups excluding carboxylic acids is 1. The summed E-state index contributed by atoms with van der Waals surface area (Å²) >= 11 is 0. The van der Waals surface area contributed by atoms with Crippen LogP contribution in [-0.4, -0.2) is 12.5 Å². The zero-order valence-corrected chi connectivity index (χ0v) is 8.51. The van der Waals surface area contributed by atoms with E-state index in [4.69, 9.17) is 0 Å². The Morgan fingerprint density at radius 3 is 2.60 bits per heavy atom. The van der Waals surface area contributed by atoms with Crippen LogP contribution in [0.1, 0.15) is 18.9 Å². The fourth-order valence-corrected chi connectivity index (χ4v) is 1.82. The van der Waals surface area contributed by atoms with E-state index in [2.05, 4.69) is 5.32 Å². The van der Waals surface area contributed by atoms with Crippen LogP contribution in [0.2, 0.25) is 0 Å². The molecule has 1 N–H and O–H groups in total. The molecule has 0 atom stereocenters. The van der Waals surface area contributed by atoms with Crippen molar-refractivity contribution in [1.29, 1.82) is 0 Å². The van der Waals surface area contributed by atoms with Gasteiger partial charge in [0.1, 0.15) is 5.82 Å². The number of benzene rings is 1. The lowest BCUT2D eigenvalue weighted by atomic mass is 10.0. The van der Waals surface area contributed by atoms with E-state index in [1.807, 2.05) is 6.92 Å². The molecule has 0 radical (unpaired) electrons. The molecule has 1 heterocycles. The van der Waals surface area contributed by atoms with E-state index in [1.54, 1.807) is 12.1 Å². The average molecular weight is 205 g/mol. The normalized spacial score (nSPS) is 15.7. The summed E-state index contributed by atoms with van der Waals surface area (Å²) < 4.78 is 12.7. The monoisotopic (exact) mass is 205 g/mol. The first-order valence-electron chi connectivity index (χ1n) is 4.98. The molecule has 2 nitrogen and oxygen atoms in total. The third-order valence-electron chi connectivity index (χ3n) is 2.61. The predicted octanol–water partition coefficient (Wildman–Crippen LogP) is 2.12. The number of hydrogen-bond acceptors (Lipinski definition) is 1. The standard InChI is InChI=1S/C12H12FNO/c1-2-10-11(7-14-12(10)15)8-3-5-9(13)6-4-8/h3-6H,2,7H2,1H3,(H,14,15). The quantitative estimate of drug-likeness (QED) is 0.787. The maximum atomic E-state index is 12.7. The fraction of sp³-hybridized carbons (Fsp3) is 0.250. The minimum atomic E-state index is -0.255. The van der Waals surface area contributed by atoms with Gasteiger partial charge >= 0.3 is 0 Å². The van der Waals surface area contributed by atoms with Gasteiger partial charge in [-0.15, -0.1) is 0 Å². The molecule has 0 bridgehead atoms. The Morgan fingerprint density at radius 2 is 2.00 bits per heavy atom. The highest BCUT2D eigenvalue weighted by Crippen LogP contribution is 2.24. The predicted molar refractivity (Wildman–Crippen MR) is 56.6 cm³/mol. The van der Waals surface area contributed by atoms with Crippen molar-refractivity contribution < 1.29 is 9.18 Å². The zero-order chi connectivity index (χ0) is 10.8. The van der Waals surface area contributed by atoms with Gasteiger partial charge in [-0.25, -0.2) is 4.39 Å². The molecule has 0 spiro atoms.